The summed E-state index contributed by atoms with van der Waals surface area (Å²) in [6, 6.07) is 6.54. The maximum Gasteiger partial charge on any atom is 0.297 e. The first-order valence-corrected chi connectivity index (χ1v) is 4.74. The largest absolute Gasteiger partial charge is 0.505 e. The summed E-state index contributed by atoms with van der Waals surface area (Å²) in [5.74, 6) is -0.220. The van der Waals surface area contributed by atoms with Gasteiger partial charge in [0, 0.05) is 30.6 Å². The highest BCUT2D eigenvalue weighted by atomic mass is 16.6. The average molecular weight is 232 g/mol. The maximum absolute atomic E-state index is 10.9. The lowest BCUT2D eigenvalue weighted by atomic mass is 10.2. The van der Waals surface area contributed by atoms with Crippen molar-refractivity contribution in [1.82, 2.24) is 4.57 Å². The molecule has 0 fully saturated rings. The van der Waals surface area contributed by atoms with E-state index < -0.39 is 4.92 Å². The van der Waals surface area contributed by atoms with Crippen molar-refractivity contribution in [3.05, 3.63) is 63.1 Å². The average Bonchev–Trinajstić information content (AvgIpc) is 2.30. The molecule has 1 heterocycles. The van der Waals surface area contributed by atoms with Crippen molar-refractivity contribution in [2.45, 2.75) is 0 Å². The van der Waals surface area contributed by atoms with Gasteiger partial charge < -0.3 is 9.67 Å². The smallest absolute Gasteiger partial charge is 0.297 e. The molecule has 0 bridgehead atoms. The molecule has 0 aliphatic rings. The number of nitro benzene ring substituents is 1. The molecule has 2 aromatic rings. The van der Waals surface area contributed by atoms with Crippen LogP contribution < -0.4 is 5.43 Å². The third-order valence-corrected chi connectivity index (χ3v) is 2.25. The zero-order valence-corrected chi connectivity index (χ0v) is 8.61. The number of nitrogens with zero attached hydrogens (tertiary/aromatic N) is 2. The lowest BCUT2D eigenvalue weighted by Crippen LogP contribution is -2.04. The molecule has 6 nitrogen and oxygen atoms in total. The molecule has 17 heavy (non-hydrogen) atoms. The number of para-hydroxylation sites is 1. The van der Waals surface area contributed by atoms with Crippen LogP contribution in [-0.4, -0.2) is 14.6 Å². The highest BCUT2D eigenvalue weighted by Crippen LogP contribution is 2.30. The Balaban J connectivity index is 2.69. The fraction of sp³-hybridized carbons (Fsp3) is 0. The number of hydrogen-bond acceptors (Lipinski definition) is 4. The molecule has 86 valence electrons. The van der Waals surface area contributed by atoms with Gasteiger partial charge in [-0.1, -0.05) is 6.07 Å². The third kappa shape index (κ3) is 2.00. The van der Waals surface area contributed by atoms with Gasteiger partial charge in [-0.05, 0) is 6.07 Å². The molecule has 0 spiro atoms. The minimum atomic E-state index is -0.590. The van der Waals surface area contributed by atoms with Crippen molar-refractivity contribution in [2.75, 3.05) is 0 Å². The molecular weight excluding hydrogens is 224 g/mol. The number of hydrogen-bond donors (Lipinski definition) is 1. The standard InChI is InChI=1S/C11H8N2O4/c14-8-4-6-12(7-5-8)11-9(13(16)17)2-1-3-10(11)15/h1-7,15H. The molecule has 1 aromatic carbocycles. The summed E-state index contributed by atoms with van der Waals surface area (Å²) < 4.78 is 1.33. The van der Waals surface area contributed by atoms with E-state index in [0.29, 0.717) is 0 Å². The molecule has 0 aliphatic heterocycles. The van der Waals surface area contributed by atoms with Gasteiger partial charge in [0.25, 0.3) is 5.69 Å². The summed E-state index contributed by atoms with van der Waals surface area (Å²) in [5, 5.41) is 20.5. The second kappa shape index (κ2) is 4.09. The molecule has 0 radical (unpaired) electrons. The molecule has 6 heteroatoms. The molecule has 0 amide bonds. The van der Waals surface area contributed by atoms with E-state index in [-0.39, 0.29) is 22.6 Å². The summed E-state index contributed by atoms with van der Waals surface area (Å²) in [6.45, 7) is 0. The van der Waals surface area contributed by atoms with Crippen molar-refractivity contribution >= 4 is 5.69 Å². The molecule has 1 aromatic heterocycles. The summed E-state index contributed by atoms with van der Waals surface area (Å²) in [6.07, 6.45) is 2.73. The van der Waals surface area contributed by atoms with E-state index in [9.17, 15) is 20.0 Å². The van der Waals surface area contributed by atoms with E-state index in [1.807, 2.05) is 0 Å². The van der Waals surface area contributed by atoms with Crippen molar-refractivity contribution in [3.63, 3.8) is 0 Å². The van der Waals surface area contributed by atoms with Crippen LogP contribution in [0.5, 0.6) is 5.75 Å². The Morgan fingerprint density at radius 1 is 1.18 bits per heavy atom. The predicted octanol–water partition coefficient (Wildman–Crippen LogP) is 1.45. The molecule has 1 N–H and O–H groups in total. The lowest BCUT2D eigenvalue weighted by Gasteiger charge is -2.08. The number of pyridine rings is 1. The predicted molar refractivity (Wildman–Crippen MR) is 60.4 cm³/mol. The van der Waals surface area contributed by atoms with Gasteiger partial charge in [-0.3, -0.25) is 14.9 Å². The minimum Gasteiger partial charge on any atom is -0.505 e. The van der Waals surface area contributed by atoms with E-state index >= 15 is 0 Å². The van der Waals surface area contributed by atoms with Crippen molar-refractivity contribution in [1.29, 1.82) is 0 Å². The summed E-state index contributed by atoms with van der Waals surface area (Å²) >= 11 is 0. The quantitative estimate of drug-likeness (QED) is 0.627. The number of nitro groups is 1. The van der Waals surface area contributed by atoms with Crippen LogP contribution in [0, 0.1) is 10.1 Å². The van der Waals surface area contributed by atoms with Crippen LogP contribution in [0.15, 0.2) is 47.5 Å². The minimum absolute atomic E-state index is 0.0394. The van der Waals surface area contributed by atoms with Gasteiger partial charge in [0.05, 0.1) is 4.92 Å². The number of aromatic hydroxyl groups is 1. The first-order chi connectivity index (χ1) is 8.09. The number of phenolic OH excluding ortho intramolecular Hbond substituents is 1. The van der Waals surface area contributed by atoms with Crippen LogP contribution in [0.3, 0.4) is 0 Å². The highest BCUT2D eigenvalue weighted by molar-refractivity contribution is 5.60. The molecule has 0 aliphatic carbocycles. The first-order valence-electron chi connectivity index (χ1n) is 4.74. The van der Waals surface area contributed by atoms with E-state index in [1.165, 1.54) is 47.3 Å². The second-order valence-corrected chi connectivity index (χ2v) is 3.34. The Kier molecular flexibility index (Phi) is 2.61. The zero-order valence-electron chi connectivity index (χ0n) is 8.61. The topological polar surface area (TPSA) is 85.4 Å². The van der Waals surface area contributed by atoms with E-state index in [4.69, 9.17) is 0 Å². The van der Waals surface area contributed by atoms with E-state index in [0.717, 1.165) is 0 Å². The normalized spacial score (nSPS) is 10.1. The van der Waals surface area contributed by atoms with Gasteiger partial charge in [-0.2, -0.15) is 0 Å². The Morgan fingerprint density at radius 2 is 1.82 bits per heavy atom. The van der Waals surface area contributed by atoms with Crippen LogP contribution in [-0.2, 0) is 0 Å². The molecule has 2 rings (SSSR count). The number of benzene rings is 1. The monoisotopic (exact) mass is 232 g/mol. The first kappa shape index (κ1) is 10.9. The van der Waals surface area contributed by atoms with Gasteiger partial charge in [-0.25, -0.2) is 0 Å². The molecular formula is C11H8N2O4. The second-order valence-electron chi connectivity index (χ2n) is 3.34. The lowest BCUT2D eigenvalue weighted by molar-refractivity contribution is -0.384. The van der Waals surface area contributed by atoms with Gasteiger partial charge in [0.1, 0.15) is 5.75 Å². The van der Waals surface area contributed by atoms with Gasteiger partial charge in [0.15, 0.2) is 11.1 Å². The SMILES string of the molecule is O=c1ccn(-c2c(O)cccc2[N+](=O)[O-])cc1. The molecule has 0 atom stereocenters. The summed E-state index contributed by atoms with van der Waals surface area (Å²) in [4.78, 5) is 21.2. The number of rotatable bonds is 2. The molecule has 0 saturated heterocycles. The van der Waals surface area contributed by atoms with Gasteiger partial charge in [-0.15, -0.1) is 0 Å². The van der Waals surface area contributed by atoms with E-state index in [2.05, 4.69) is 0 Å². The van der Waals surface area contributed by atoms with Gasteiger partial charge in [0.2, 0.25) is 0 Å². The fourth-order valence-electron chi connectivity index (χ4n) is 1.49. The number of aromatic nitrogens is 1. The number of phenols is 1. The summed E-state index contributed by atoms with van der Waals surface area (Å²) in [5.41, 5.74) is -0.398. The Hall–Kier alpha value is -2.63. The van der Waals surface area contributed by atoms with Crippen molar-refractivity contribution < 1.29 is 10.0 Å². The Morgan fingerprint density at radius 3 is 2.41 bits per heavy atom. The third-order valence-electron chi connectivity index (χ3n) is 2.25. The zero-order chi connectivity index (χ0) is 12.4. The highest BCUT2D eigenvalue weighted by Gasteiger charge is 2.17. The van der Waals surface area contributed by atoms with Crippen molar-refractivity contribution in [3.8, 4) is 11.4 Å². The Labute approximate surface area is 95.5 Å². The Bertz CT molecular complexity index is 613. The van der Waals surface area contributed by atoms with Crippen molar-refractivity contribution in [2.24, 2.45) is 0 Å². The van der Waals surface area contributed by atoms with Crippen LogP contribution in [0.25, 0.3) is 5.69 Å². The molecule has 0 saturated carbocycles. The van der Waals surface area contributed by atoms with Crippen LogP contribution >= 0.6 is 0 Å². The van der Waals surface area contributed by atoms with E-state index in [1.54, 1.807) is 0 Å². The fourth-order valence-corrected chi connectivity index (χ4v) is 1.49. The van der Waals surface area contributed by atoms with Crippen LogP contribution in [0.1, 0.15) is 0 Å². The van der Waals surface area contributed by atoms with Gasteiger partial charge >= 0.3 is 0 Å². The summed E-state index contributed by atoms with van der Waals surface area (Å²) in [7, 11) is 0. The molecule has 0 unspecified atom stereocenters. The van der Waals surface area contributed by atoms with Crippen LogP contribution in [0.2, 0.25) is 0 Å². The van der Waals surface area contributed by atoms with Crippen LogP contribution in [0.4, 0.5) is 5.69 Å². The maximum atomic E-state index is 10.9.